The van der Waals surface area contributed by atoms with Crippen molar-refractivity contribution in [1.82, 2.24) is 4.98 Å². The van der Waals surface area contributed by atoms with Crippen LogP contribution in [-0.2, 0) is 6.18 Å². The Kier molecular flexibility index (Phi) is 3.81. The molecule has 0 bridgehead atoms. The number of benzene rings is 1. The number of hydrogen-bond donors (Lipinski definition) is 1. The molecule has 0 spiro atoms. The van der Waals surface area contributed by atoms with Crippen molar-refractivity contribution >= 4 is 38.4 Å². The Morgan fingerprint density at radius 1 is 1.35 bits per heavy atom. The van der Waals surface area contributed by atoms with Crippen LogP contribution in [0.4, 0.5) is 18.3 Å². The van der Waals surface area contributed by atoms with Crippen molar-refractivity contribution in [2.24, 2.45) is 5.92 Å². The number of hydrogen-bond acceptors (Lipinski definition) is 4. The van der Waals surface area contributed by atoms with Gasteiger partial charge < -0.3 is 5.32 Å². The number of thiazole rings is 1. The Morgan fingerprint density at radius 2 is 2.20 bits per heavy atom. The van der Waals surface area contributed by atoms with Gasteiger partial charge in [0.2, 0.25) is 0 Å². The summed E-state index contributed by atoms with van der Waals surface area (Å²) in [6.45, 7) is 0.846. The molecule has 1 aliphatic rings. The number of anilines is 1. The molecule has 108 valence electrons. The summed E-state index contributed by atoms with van der Waals surface area (Å²) in [5, 5.41) is 3.95. The molecule has 0 radical (unpaired) electrons. The number of fused-ring (bicyclic) bond motifs is 1. The van der Waals surface area contributed by atoms with E-state index in [2.05, 4.69) is 10.3 Å². The van der Waals surface area contributed by atoms with Gasteiger partial charge in [0, 0.05) is 6.54 Å². The molecule has 1 aliphatic heterocycles. The number of rotatable bonds is 3. The molecule has 7 heteroatoms. The number of thioether (sulfide) groups is 1. The Labute approximate surface area is 122 Å². The second kappa shape index (κ2) is 5.44. The summed E-state index contributed by atoms with van der Waals surface area (Å²) < 4.78 is 38.7. The van der Waals surface area contributed by atoms with Crippen molar-refractivity contribution in [2.45, 2.75) is 12.6 Å². The van der Waals surface area contributed by atoms with E-state index < -0.39 is 11.7 Å². The molecule has 2 heterocycles. The maximum atomic E-state index is 12.6. The smallest absolute Gasteiger partial charge is 0.361 e. The first kappa shape index (κ1) is 14.0. The fourth-order valence-corrected chi connectivity index (χ4v) is 4.29. The third kappa shape index (κ3) is 3.03. The van der Waals surface area contributed by atoms with E-state index in [-0.39, 0.29) is 0 Å². The molecule has 1 atom stereocenters. The summed E-state index contributed by atoms with van der Waals surface area (Å²) in [7, 11) is 0. The minimum absolute atomic E-state index is 0.410. The topological polar surface area (TPSA) is 24.9 Å². The minimum atomic E-state index is -4.31. The summed E-state index contributed by atoms with van der Waals surface area (Å²) in [5.41, 5.74) is -0.234. The molecule has 1 aromatic carbocycles. The number of nitrogens with one attached hydrogen (secondary N) is 1. The highest BCUT2D eigenvalue weighted by molar-refractivity contribution is 7.99. The SMILES string of the molecule is FC(F)(F)c1ccc2sc(NCC3CCSC3)nc2c1. The number of aromatic nitrogens is 1. The van der Waals surface area contributed by atoms with E-state index in [0.29, 0.717) is 16.6 Å². The molecule has 1 unspecified atom stereocenters. The van der Waals surface area contributed by atoms with Gasteiger partial charge in [0.1, 0.15) is 0 Å². The number of alkyl halides is 3. The third-order valence-electron chi connectivity index (χ3n) is 3.28. The van der Waals surface area contributed by atoms with Crippen LogP contribution < -0.4 is 5.32 Å². The predicted molar refractivity (Wildman–Crippen MR) is 78.5 cm³/mol. The molecule has 2 aromatic rings. The van der Waals surface area contributed by atoms with E-state index in [9.17, 15) is 13.2 Å². The van der Waals surface area contributed by atoms with Crippen LogP contribution in [0.3, 0.4) is 0 Å². The lowest BCUT2D eigenvalue weighted by Gasteiger charge is -2.07. The third-order valence-corrected chi connectivity index (χ3v) is 5.51. The van der Waals surface area contributed by atoms with E-state index in [1.165, 1.54) is 29.6 Å². The fourth-order valence-electron chi connectivity index (χ4n) is 2.16. The standard InChI is InChI=1S/C13H13F3N2S2/c14-13(15,16)9-1-2-11-10(5-9)18-12(20-11)17-6-8-3-4-19-7-8/h1-2,5,8H,3-4,6-7H2,(H,17,18). The van der Waals surface area contributed by atoms with Crippen molar-refractivity contribution in [1.29, 1.82) is 0 Å². The number of nitrogens with zero attached hydrogens (tertiary/aromatic N) is 1. The molecular weight excluding hydrogens is 305 g/mol. The highest BCUT2D eigenvalue weighted by Gasteiger charge is 2.30. The van der Waals surface area contributed by atoms with Crippen LogP contribution in [0.2, 0.25) is 0 Å². The van der Waals surface area contributed by atoms with Crippen LogP contribution in [0.5, 0.6) is 0 Å². The lowest BCUT2D eigenvalue weighted by Crippen LogP contribution is -2.13. The molecule has 1 aromatic heterocycles. The molecule has 1 N–H and O–H groups in total. The monoisotopic (exact) mass is 318 g/mol. The van der Waals surface area contributed by atoms with Crippen molar-refractivity contribution in [3.8, 4) is 0 Å². The van der Waals surface area contributed by atoms with Crippen LogP contribution in [0.25, 0.3) is 10.2 Å². The second-order valence-electron chi connectivity index (χ2n) is 4.81. The van der Waals surface area contributed by atoms with Crippen LogP contribution in [0, 0.1) is 5.92 Å². The zero-order valence-electron chi connectivity index (χ0n) is 10.5. The molecular formula is C13H13F3N2S2. The van der Waals surface area contributed by atoms with Gasteiger partial charge in [-0.15, -0.1) is 0 Å². The molecule has 0 aliphatic carbocycles. The average molecular weight is 318 g/mol. The lowest BCUT2D eigenvalue weighted by atomic mass is 10.1. The average Bonchev–Trinajstić information content (AvgIpc) is 3.03. The van der Waals surface area contributed by atoms with E-state index in [0.717, 1.165) is 29.1 Å². The van der Waals surface area contributed by atoms with Gasteiger partial charge in [0.15, 0.2) is 5.13 Å². The van der Waals surface area contributed by atoms with Gasteiger partial charge in [0.05, 0.1) is 15.8 Å². The van der Waals surface area contributed by atoms with E-state index in [4.69, 9.17) is 0 Å². The minimum Gasteiger partial charge on any atom is -0.361 e. The molecule has 2 nitrogen and oxygen atoms in total. The van der Waals surface area contributed by atoms with Crippen LogP contribution in [0.15, 0.2) is 18.2 Å². The van der Waals surface area contributed by atoms with Crippen molar-refractivity contribution in [3.63, 3.8) is 0 Å². The highest BCUT2D eigenvalue weighted by atomic mass is 32.2. The zero-order chi connectivity index (χ0) is 14.2. The molecule has 0 saturated carbocycles. The summed E-state index contributed by atoms with van der Waals surface area (Å²) in [6.07, 6.45) is -3.12. The van der Waals surface area contributed by atoms with E-state index >= 15 is 0 Å². The highest BCUT2D eigenvalue weighted by Crippen LogP contribution is 2.34. The van der Waals surface area contributed by atoms with Crippen molar-refractivity contribution < 1.29 is 13.2 Å². The maximum absolute atomic E-state index is 12.6. The summed E-state index contributed by atoms with van der Waals surface area (Å²) in [5.74, 6) is 2.98. The second-order valence-corrected chi connectivity index (χ2v) is 6.99. The molecule has 1 saturated heterocycles. The number of halogens is 3. The fraction of sp³-hybridized carbons (Fsp3) is 0.462. The van der Waals surface area contributed by atoms with Crippen LogP contribution in [0.1, 0.15) is 12.0 Å². The Hall–Kier alpha value is -0.950. The Bertz CT molecular complexity index is 603. The maximum Gasteiger partial charge on any atom is 0.416 e. The Morgan fingerprint density at radius 3 is 2.90 bits per heavy atom. The van der Waals surface area contributed by atoms with E-state index in [1.807, 2.05) is 11.8 Å². The van der Waals surface area contributed by atoms with Gasteiger partial charge in [-0.25, -0.2) is 4.98 Å². The van der Waals surface area contributed by atoms with Crippen molar-refractivity contribution in [3.05, 3.63) is 23.8 Å². The van der Waals surface area contributed by atoms with Crippen LogP contribution >= 0.6 is 23.1 Å². The van der Waals surface area contributed by atoms with Gasteiger partial charge in [-0.3, -0.25) is 0 Å². The summed E-state index contributed by atoms with van der Waals surface area (Å²) in [6, 6.07) is 3.72. The first-order valence-electron chi connectivity index (χ1n) is 6.32. The normalized spacial score (nSPS) is 19.6. The predicted octanol–water partition coefficient (Wildman–Crippen LogP) is 4.48. The lowest BCUT2D eigenvalue weighted by molar-refractivity contribution is -0.137. The zero-order valence-corrected chi connectivity index (χ0v) is 12.2. The van der Waals surface area contributed by atoms with Crippen molar-refractivity contribution in [2.75, 3.05) is 23.4 Å². The van der Waals surface area contributed by atoms with Gasteiger partial charge in [-0.2, -0.15) is 24.9 Å². The summed E-state index contributed by atoms with van der Waals surface area (Å²) in [4.78, 5) is 4.25. The van der Waals surface area contributed by atoms with Crippen LogP contribution in [-0.4, -0.2) is 23.0 Å². The first-order valence-corrected chi connectivity index (χ1v) is 8.29. The van der Waals surface area contributed by atoms with Gasteiger partial charge in [0.25, 0.3) is 0 Å². The van der Waals surface area contributed by atoms with E-state index in [1.54, 1.807) is 0 Å². The Balaban J connectivity index is 1.76. The van der Waals surface area contributed by atoms with Gasteiger partial charge in [-0.05, 0) is 42.0 Å². The largest absolute Gasteiger partial charge is 0.416 e. The quantitative estimate of drug-likeness (QED) is 0.903. The molecule has 0 amide bonds. The molecule has 3 rings (SSSR count). The van der Waals surface area contributed by atoms with Gasteiger partial charge >= 0.3 is 6.18 Å². The molecule has 20 heavy (non-hydrogen) atoms. The van der Waals surface area contributed by atoms with Gasteiger partial charge in [-0.1, -0.05) is 11.3 Å². The first-order chi connectivity index (χ1) is 9.52. The summed E-state index contributed by atoms with van der Waals surface area (Å²) >= 11 is 3.35. The molecule has 1 fully saturated rings.